The number of alkyl halides is 3. The largest absolute Gasteiger partial charge is 0.490 e. The molecule has 5 aromatic rings. The van der Waals surface area contributed by atoms with Crippen molar-refractivity contribution in [1.82, 2.24) is 10.0 Å². The Kier molecular flexibility index (Phi) is 15.8. The van der Waals surface area contributed by atoms with E-state index in [1.54, 1.807) is 31.2 Å². The Morgan fingerprint density at radius 3 is 2.19 bits per heavy atom. The van der Waals surface area contributed by atoms with Crippen LogP contribution in [0.25, 0.3) is 10.1 Å². The first-order chi connectivity index (χ1) is 29.7. The number of hydrogen-bond acceptors (Lipinski definition) is 12. The van der Waals surface area contributed by atoms with Gasteiger partial charge in [-0.3, -0.25) is 14.4 Å². The van der Waals surface area contributed by atoms with E-state index in [-0.39, 0.29) is 47.2 Å². The highest BCUT2D eigenvalue weighted by Gasteiger charge is 2.35. The van der Waals surface area contributed by atoms with Crippen molar-refractivity contribution >= 4 is 56.7 Å². The van der Waals surface area contributed by atoms with E-state index in [1.165, 1.54) is 31.2 Å². The number of ether oxygens (including phenoxy) is 3. The summed E-state index contributed by atoms with van der Waals surface area (Å²) in [7, 11) is -9.40. The number of sulfonamides is 1. The predicted molar refractivity (Wildman–Crippen MR) is 228 cm³/mol. The molecule has 0 bridgehead atoms. The number of nitrogens with one attached hydrogen (secondary N) is 2. The number of nitrogens with zero attached hydrogens (tertiary/aromatic N) is 1. The third-order valence-corrected chi connectivity index (χ3v) is 13.6. The number of aryl methyl sites for hydroxylation is 3. The van der Waals surface area contributed by atoms with Crippen LogP contribution >= 0.6 is 18.9 Å². The first-order valence-corrected chi connectivity index (χ1v) is 23.4. The normalized spacial score (nSPS) is 12.6. The van der Waals surface area contributed by atoms with Crippen LogP contribution in [0.3, 0.4) is 0 Å². The van der Waals surface area contributed by atoms with Crippen LogP contribution in [0, 0.1) is 32.1 Å². The molecule has 5 rings (SSSR count). The minimum Gasteiger partial charge on any atom is -0.490 e. The number of carbonyl (C=O) groups is 3. The Morgan fingerprint density at radius 1 is 0.841 bits per heavy atom. The third-order valence-electron chi connectivity index (χ3n) is 9.38. The summed E-state index contributed by atoms with van der Waals surface area (Å²) in [6.45, 7) is 7.39. The predicted octanol–water partition coefficient (Wildman–Crippen LogP) is 8.77. The van der Waals surface area contributed by atoms with Crippen LogP contribution in [0.15, 0.2) is 77.0 Å². The fourth-order valence-corrected chi connectivity index (χ4v) is 9.93. The number of esters is 1. The molecule has 63 heavy (non-hydrogen) atoms. The standard InChI is InChI=1S/C43H43F3N3O11PS2/c1-26-9-10-30(18-27(26)2)36(51)8-5-6-16-57-39-23-40-33(20-38(39)58-17-7-15-48-42(52)31-12-14-37(28(3)19-31)59-29(4)50)21-41(62-40)63(55,56)49-25-61(53,54)60-34-13-11-32(24-47)35(22-34)43(44,45)46/h9-14,18-23,49H,5-8,15-17,25H2,1-4H3,(H,48,52)(H,53,54). The zero-order valence-corrected chi connectivity index (χ0v) is 37.0. The Labute approximate surface area is 365 Å². The van der Waals surface area contributed by atoms with Gasteiger partial charge >= 0.3 is 19.7 Å². The maximum atomic E-state index is 13.4. The number of Topliss-reactive ketones (excluding diaryl/α,β-unsaturated/α-hetero) is 1. The Balaban J connectivity index is 1.25. The van der Waals surface area contributed by atoms with Crippen LogP contribution in [0.1, 0.15) is 81.1 Å². The summed E-state index contributed by atoms with van der Waals surface area (Å²) in [5.41, 5.74) is 1.56. The summed E-state index contributed by atoms with van der Waals surface area (Å²) >= 11 is 0.805. The van der Waals surface area contributed by atoms with E-state index in [1.807, 2.05) is 30.7 Å². The van der Waals surface area contributed by atoms with Gasteiger partial charge in [-0.1, -0.05) is 12.1 Å². The first-order valence-electron chi connectivity index (χ1n) is 19.3. The molecule has 0 aliphatic heterocycles. The minimum atomic E-state index is -4.97. The number of rotatable bonds is 20. The van der Waals surface area contributed by atoms with Crippen LogP contribution in [-0.2, 0) is 25.6 Å². The molecule has 1 atom stereocenters. The van der Waals surface area contributed by atoms with E-state index in [9.17, 15) is 45.4 Å². The lowest BCUT2D eigenvalue weighted by Crippen LogP contribution is -2.25. The highest BCUT2D eigenvalue weighted by atomic mass is 32.2. The highest BCUT2D eigenvalue weighted by Crippen LogP contribution is 2.44. The van der Waals surface area contributed by atoms with Crippen LogP contribution < -0.4 is 28.8 Å². The van der Waals surface area contributed by atoms with Crippen molar-refractivity contribution in [3.8, 4) is 29.1 Å². The van der Waals surface area contributed by atoms with Crippen LogP contribution in [0.4, 0.5) is 13.2 Å². The lowest BCUT2D eigenvalue weighted by atomic mass is 10.0. The number of hydrogen-bond donors (Lipinski definition) is 3. The number of unbranched alkanes of at least 4 members (excludes halogenated alkanes) is 1. The van der Waals surface area contributed by atoms with Crippen molar-refractivity contribution < 1.29 is 64.2 Å². The van der Waals surface area contributed by atoms with Gasteiger partial charge in [0.25, 0.3) is 15.9 Å². The average Bonchev–Trinajstić information content (AvgIpc) is 3.65. The topological polar surface area (TPSA) is 207 Å². The summed E-state index contributed by atoms with van der Waals surface area (Å²) in [5, 5.41) is 12.2. The van der Waals surface area contributed by atoms with Gasteiger partial charge in [0.1, 0.15) is 22.0 Å². The smallest absolute Gasteiger partial charge is 0.417 e. The molecule has 0 saturated carbocycles. The molecule has 1 aromatic heterocycles. The summed E-state index contributed by atoms with van der Waals surface area (Å²) in [5.74, 6) is -0.685. The fraction of sp³-hybridized carbons (Fsp3) is 0.302. The van der Waals surface area contributed by atoms with Gasteiger partial charge in [0.05, 0.1) is 30.4 Å². The third kappa shape index (κ3) is 13.4. The van der Waals surface area contributed by atoms with Crippen LogP contribution in [0.2, 0.25) is 0 Å². The molecular formula is C43H43F3N3O11PS2. The van der Waals surface area contributed by atoms with Crippen molar-refractivity contribution in [1.29, 1.82) is 5.26 Å². The molecule has 334 valence electrons. The Hall–Kier alpha value is -5.77. The van der Waals surface area contributed by atoms with Gasteiger partial charge in [-0.05, 0) is 117 Å². The van der Waals surface area contributed by atoms with Crippen molar-refractivity contribution in [3.63, 3.8) is 0 Å². The zero-order chi connectivity index (χ0) is 46.1. The Morgan fingerprint density at radius 2 is 1.52 bits per heavy atom. The average molecular weight is 930 g/mol. The first kappa shape index (κ1) is 48.3. The number of nitriles is 1. The van der Waals surface area contributed by atoms with Crippen molar-refractivity contribution in [2.45, 2.75) is 63.8 Å². The quantitative estimate of drug-likeness (QED) is 0.0220. The number of thiophene rings is 1. The number of amides is 1. The molecule has 1 heterocycles. The number of carbonyl (C=O) groups excluding carboxylic acids is 3. The number of fused-ring (bicyclic) bond motifs is 1. The van der Waals surface area contributed by atoms with Crippen LogP contribution in [0.5, 0.6) is 23.0 Å². The Bertz CT molecular complexity index is 2730. The second-order valence-electron chi connectivity index (χ2n) is 14.3. The molecule has 0 saturated heterocycles. The summed E-state index contributed by atoms with van der Waals surface area (Å²) in [6.07, 6.45) is -4.50. The molecule has 0 spiro atoms. The van der Waals surface area contributed by atoms with E-state index in [4.69, 9.17) is 24.0 Å². The van der Waals surface area contributed by atoms with Crippen molar-refractivity contribution in [3.05, 3.63) is 112 Å². The van der Waals surface area contributed by atoms with E-state index in [0.717, 1.165) is 34.6 Å². The number of benzene rings is 4. The van der Waals surface area contributed by atoms with Gasteiger partial charge in [-0.2, -0.15) is 23.2 Å². The SMILES string of the molecule is CC(=O)Oc1ccc(C(=O)NCCCOc2cc3cc(S(=O)(=O)NCP(=O)(O)Oc4ccc(C#N)c(C(F)(F)F)c4)sc3cc2OCCCCC(=O)c2ccc(C)c(C)c2)cc1C. The zero-order valence-electron chi connectivity index (χ0n) is 34.5. The van der Waals surface area contributed by atoms with Gasteiger partial charge in [-0.25, -0.2) is 13.0 Å². The molecule has 0 fully saturated rings. The van der Waals surface area contributed by atoms with E-state index in [0.29, 0.717) is 64.3 Å². The van der Waals surface area contributed by atoms with E-state index >= 15 is 0 Å². The number of ketones is 1. The minimum absolute atomic E-state index is 0.000300. The molecule has 0 aliphatic rings. The van der Waals surface area contributed by atoms with Gasteiger partial charge < -0.3 is 28.9 Å². The lowest BCUT2D eigenvalue weighted by Gasteiger charge is -2.16. The summed E-state index contributed by atoms with van der Waals surface area (Å²) in [6, 6.07) is 18.0. The van der Waals surface area contributed by atoms with E-state index < -0.39 is 52.9 Å². The summed E-state index contributed by atoms with van der Waals surface area (Å²) in [4.78, 5) is 47.3. The molecule has 0 aliphatic carbocycles. The molecule has 1 amide bonds. The van der Waals surface area contributed by atoms with E-state index in [2.05, 4.69) is 5.32 Å². The van der Waals surface area contributed by atoms with Crippen molar-refractivity contribution in [2.24, 2.45) is 0 Å². The highest BCUT2D eigenvalue weighted by molar-refractivity contribution is 7.92. The maximum absolute atomic E-state index is 13.4. The fourth-order valence-electron chi connectivity index (χ4n) is 5.98. The summed E-state index contributed by atoms with van der Waals surface area (Å²) < 4.78 is 104. The second-order valence-corrected chi connectivity index (χ2v) is 19.2. The molecule has 4 aromatic carbocycles. The van der Waals surface area contributed by atoms with Gasteiger partial charge in [0.15, 0.2) is 17.3 Å². The second kappa shape index (κ2) is 20.6. The lowest BCUT2D eigenvalue weighted by molar-refractivity contribution is -0.138. The van der Waals surface area contributed by atoms with Crippen molar-refractivity contribution in [2.75, 3.05) is 26.0 Å². The maximum Gasteiger partial charge on any atom is 0.417 e. The number of halogens is 3. The van der Waals surface area contributed by atoms with Gasteiger partial charge in [-0.15, -0.1) is 11.3 Å². The van der Waals surface area contributed by atoms with Gasteiger partial charge in [0, 0.05) is 41.8 Å². The molecule has 14 nitrogen and oxygen atoms in total. The molecule has 0 radical (unpaired) electrons. The van der Waals surface area contributed by atoms with Gasteiger partial charge in [0.2, 0.25) is 0 Å². The monoisotopic (exact) mass is 929 g/mol. The molecule has 20 heteroatoms. The van der Waals surface area contributed by atoms with Crippen LogP contribution in [-0.4, -0.2) is 57.0 Å². The molecule has 3 N–H and O–H groups in total. The molecule has 1 unspecified atom stereocenters. The molecular weight excluding hydrogens is 887 g/mol.